The first-order valence-corrected chi connectivity index (χ1v) is 8.72. The van der Waals surface area contributed by atoms with E-state index in [0.717, 1.165) is 24.2 Å². The van der Waals surface area contributed by atoms with Crippen molar-refractivity contribution in [2.75, 3.05) is 24.7 Å². The number of fused-ring (bicyclic) bond motifs is 1. The van der Waals surface area contributed by atoms with Gasteiger partial charge in [0, 0.05) is 25.6 Å². The molecular formula is C17H22N6O2. The molecule has 1 aliphatic heterocycles. The predicted molar refractivity (Wildman–Crippen MR) is 90.9 cm³/mol. The van der Waals surface area contributed by atoms with Gasteiger partial charge in [0.2, 0.25) is 0 Å². The Balaban J connectivity index is 1.67. The number of anilines is 1. The van der Waals surface area contributed by atoms with E-state index in [0.29, 0.717) is 44.4 Å². The highest BCUT2D eigenvalue weighted by atomic mass is 16.5. The Kier molecular flexibility index (Phi) is 4.06. The third-order valence-electron chi connectivity index (χ3n) is 4.88. The van der Waals surface area contributed by atoms with Gasteiger partial charge in [-0.25, -0.2) is 15.0 Å². The van der Waals surface area contributed by atoms with Crippen LogP contribution in [0.25, 0.3) is 11.2 Å². The van der Waals surface area contributed by atoms with Crippen LogP contribution in [0.15, 0.2) is 12.7 Å². The molecule has 2 aliphatic rings. The second-order valence-electron chi connectivity index (χ2n) is 7.18. The lowest BCUT2D eigenvalue weighted by Crippen LogP contribution is -2.34. The second kappa shape index (κ2) is 6.24. The molecule has 0 bridgehead atoms. The molecule has 2 unspecified atom stereocenters. The van der Waals surface area contributed by atoms with Gasteiger partial charge in [0.1, 0.15) is 11.9 Å². The molecule has 4 rings (SSSR count). The normalized spacial score (nSPS) is 24.4. The Hall–Kier alpha value is -2.24. The summed E-state index contributed by atoms with van der Waals surface area (Å²) in [7, 11) is 0. The van der Waals surface area contributed by atoms with Crippen molar-refractivity contribution in [1.82, 2.24) is 19.5 Å². The van der Waals surface area contributed by atoms with E-state index in [1.165, 1.54) is 6.33 Å². The first-order valence-electron chi connectivity index (χ1n) is 8.72. The standard InChI is InChI=1S/C17H22N6O2/c1-12(6-18)7-23(13-2-3-13)16-14-15(19-10-20-16)22(11-21-14)8-17(24)4-5-25-9-17/h10-13,24H,2-5,7-9H2,1H3. The smallest absolute Gasteiger partial charge is 0.165 e. The van der Waals surface area contributed by atoms with E-state index in [1.54, 1.807) is 6.33 Å². The zero-order valence-corrected chi connectivity index (χ0v) is 14.3. The Morgan fingerprint density at radius 1 is 1.48 bits per heavy atom. The molecule has 2 atom stereocenters. The van der Waals surface area contributed by atoms with Crippen LogP contribution in [0.2, 0.25) is 0 Å². The second-order valence-corrected chi connectivity index (χ2v) is 7.18. The Morgan fingerprint density at radius 3 is 3.00 bits per heavy atom. The summed E-state index contributed by atoms with van der Waals surface area (Å²) in [4.78, 5) is 15.5. The molecule has 1 N–H and O–H groups in total. The highest BCUT2D eigenvalue weighted by molar-refractivity contribution is 5.83. The number of hydrogen-bond acceptors (Lipinski definition) is 7. The summed E-state index contributed by atoms with van der Waals surface area (Å²) in [6.07, 6.45) is 6.08. The average molecular weight is 342 g/mol. The molecule has 0 aromatic carbocycles. The van der Waals surface area contributed by atoms with E-state index < -0.39 is 5.60 Å². The van der Waals surface area contributed by atoms with Crippen molar-refractivity contribution in [2.45, 2.75) is 44.4 Å². The van der Waals surface area contributed by atoms with E-state index in [-0.39, 0.29) is 5.92 Å². The van der Waals surface area contributed by atoms with Crippen molar-refractivity contribution < 1.29 is 9.84 Å². The van der Waals surface area contributed by atoms with Crippen LogP contribution >= 0.6 is 0 Å². The van der Waals surface area contributed by atoms with E-state index in [1.807, 2.05) is 11.5 Å². The van der Waals surface area contributed by atoms with Crippen LogP contribution in [0.1, 0.15) is 26.2 Å². The lowest BCUT2D eigenvalue weighted by atomic mass is 10.0. The molecule has 132 valence electrons. The summed E-state index contributed by atoms with van der Waals surface area (Å²) in [5, 5.41) is 19.8. The molecule has 8 nitrogen and oxygen atoms in total. The van der Waals surface area contributed by atoms with Gasteiger partial charge in [-0.15, -0.1) is 0 Å². The lowest BCUT2D eigenvalue weighted by molar-refractivity contribution is 0.0126. The molecule has 1 saturated carbocycles. The quantitative estimate of drug-likeness (QED) is 0.839. The van der Waals surface area contributed by atoms with Crippen LogP contribution < -0.4 is 4.90 Å². The molecule has 1 aliphatic carbocycles. The number of aliphatic hydroxyl groups is 1. The zero-order valence-electron chi connectivity index (χ0n) is 14.3. The molecule has 0 amide bonds. The van der Waals surface area contributed by atoms with Gasteiger partial charge >= 0.3 is 0 Å². The maximum Gasteiger partial charge on any atom is 0.165 e. The summed E-state index contributed by atoms with van der Waals surface area (Å²) in [6, 6.07) is 2.72. The third kappa shape index (κ3) is 3.17. The highest BCUT2D eigenvalue weighted by Crippen LogP contribution is 2.34. The zero-order chi connectivity index (χ0) is 17.4. The molecule has 0 spiro atoms. The van der Waals surface area contributed by atoms with Crippen LogP contribution in [0.3, 0.4) is 0 Å². The van der Waals surface area contributed by atoms with Gasteiger partial charge in [-0.2, -0.15) is 5.26 Å². The molecular weight excluding hydrogens is 320 g/mol. The minimum absolute atomic E-state index is 0.0796. The van der Waals surface area contributed by atoms with Crippen LogP contribution in [0, 0.1) is 17.2 Å². The summed E-state index contributed by atoms with van der Waals surface area (Å²) < 4.78 is 7.19. The van der Waals surface area contributed by atoms with Crippen LogP contribution in [0.4, 0.5) is 5.82 Å². The monoisotopic (exact) mass is 342 g/mol. The fourth-order valence-corrected chi connectivity index (χ4v) is 3.36. The first kappa shape index (κ1) is 16.2. The van der Waals surface area contributed by atoms with Crippen LogP contribution in [-0.2, 0) is 11.3 Å². The lowest BCUT2D eigenvalue weighted by Gasteiger charge is -2.24. The van der Waals surface area contributed by atoms with Gasteiger partial charge in [0.05, 0.1) is 31.5 Å². The molecule has 8 heteroatoms. The van der Waals surface area contributed by atoms with Gasteiger partial charge in [-0.3, -0.25) is 0 Å². The molecule has 2 aromatic rings. The minimum Gasteiger partial charge on any atom is -0.386 e. The van der Waals surface area contributed by atoms with Gasteiger partial charge in [-0.1, -0.05) is 0 Å². The number of ether oxygens (including phenoxy) is 1. The number of imidazole rings is 1. The fraction of sp³-hybridized carbons (Fsp3) is 0.647. The molecule has 25 heavy (non-hydrogen) atoms. The van der Waals surface area contributed by atoms with Gasteiger partial charge in [0.15, 0.2) is 17.0 Å². The maximum atomic E-state index is 10.6. The number of rotatable bonds is 6. The molecule has 0 radical (unpaired) electrons. The molecule has 1 saturated heterocycles. The van der Waals surface area contributed by atoms with Gasteiger partial charge in [-0.05, 0) is 19.8 Å². The van der Waals surface area contributed by atoms with E-state index in [9.17, 15) is 5.11 Å². The molecule has 2 fully saturated rings. The molecule has 2 aromatic heterocycles. The Morgan fingerprint density at radius 2 is 2.32 bits per heavy atom. The van der Waals surface area contributed by atoms with Crippen molar-refractivity contribution in [3.63, 3.8) is 0 Å². The van der Waals surface area contributed by atoms with E-state index in [4.69, 9.17) is 10.00 Å². The largest absolute Gasteiger partial charge is 0.386 e. The Labute approximate surface area is 146 Å². The van der Waals surface area contributed by atoms with Crippen molar-refractivity contribution in [2.24, 2.45) is 5.92 Å². The van der Waals surface area contributed by atoms with Gasteiger partial charge in [0.25, 0.3) is 0 Å². The number of nitriles is 1. The summed E-state index contributed by atoms with van der Waals surface area (Å²) in [5.74, 6) is 0.701. The van der Waals surface area contributed by atoms with Crippen LogP contribution in [-0.4, -0.2) is 56.0 Å². The number of nitrogens with zero attached hydrogens (tertiary/aromatic N) is 6. The summed E-state index contributed by atoms with van der Waals surface area (Å²) >= 11 is 0. The highest BCUT2D eigenvalue weighted by Gasteiger charge is 2.35. The minimum atomic E-state index is -0.871. The predicted octanol–water partition coefficient (Wildman–Crippen LogP) is 1.11. The Bertz CT molecular complexity index is 803. The maximum absolute atomic E-state index is 10.6. The van der Waals surface area contributed by atoms with Crippen molar-refractivity contribution in [3.05, 3.63) is 12.7 Å². The van der Waals surface area contributed by atoms with Gasteiger partial charge < -0.3 is 19.3 Å². The van der Waals surface area contributed by atoms with Crippen molar-refractivity contribution in [3.8, 4) is 6.07 Å². The molecule has 3 heterocycles. The topological polar surface area (TPSA) is 100 Å². The fourth-order valence-electron chi connectivity index (χ4n) is 3.36. The SMILES string of the molecule is CC(C#N)CN(c1ncnc2c1ncn2CC1(O)CCOC1)C1CC1. The number of hydrogen-bond donors (Lipinski definition) is 1. The number of aromatic nitrogens is 4. The van der Waals surface area contributed by atoms with E-state index >= 15 is 0 Å². The van der Waals surface area contributed by atoms with Crippen LogP contribution in [0.5, 0.6) is 0 Å². The van der Waals surface area contributed by atoms with Crippen molar-refractivity contribution in [1.29, 1.82) is 5.26 Å². The van der Waals surface area contributed by atoms with Crippen molar-refractivity contribution >= 4 is 17.0 Å². The summed E-state index contributed by atoms with van der Waals surface area (Å²) in [6.45, 7) is 3.86. The third-order valence-corrected chi connectivity index (χ3v) is 4.88. The van der Waals surface area contributed by atoms with E-state index in [2.05, 4.69) is 25.9 Å². The first-order chi connectivity index (χ1) is 12.1. The summed E-state index contributed by atoms with van der Waals surface area (Å²) in [5.41, 5.74) is 0.562. The average Bonchev–Trinajstić information content (AvgIpc) is 3.25.